The Morgan fingerprint density at radius 2 is 1.32 bits per heavy atom. The fraction of sp³-hybridized carbons (Fsp3) is 0. The molecule has 15 nitrogen and oxygen atoms in total. The number of hydrogen-bond acceptors (Lipinski definition) is 11. The molecule has 4 aromatic rings. The minimum absolute atomic E-state index is 0.0272. The molecule has 0 spiro atoms. The molecule has 0 saturated heterocycles. The quantitative estimate of drug-likeness (QED) is 0.0982. The fourth-order valence-corrected chi connectivity index (χ4v) is 5.62. The van der Waals surface area contributed by atoms with Crippen molar-refractivity contribution >= 4 is 69.8 Å². The highest BCUT2D eigenvalue weighted by Gasteiger charge is 2.26. The van der Waals surface area contributed by atoms with Gasteiger partial charge in [-0.05, 0) is 53.9 Å². The third-order valence-electron chi connectivity index (χ3n) is 5.51. The highest BCUT2D eigenvalue weighted by Crippen LogP contribution is 2.44. The van der Waals surface area contributed by atoms with Crippen molar-refractivity contribution in [3.8, 4) is 5.75 Å². The van der Waals surface area contributed by atoms with Crippen LogP contribution in [0.3, 0.4) is 0 Å². The predicted octanol–water partition coefficient (Wildman–Crippen LogP) is 3.54. The average molecular weight is 623 g/mol. The van der Waals surface area contributed by atoms with Crippen LogP contribution in [0, 0.1) is 0 Å². The van der Waals surface area contributed by atoms with Gasteiger partial charge in [0.15, 0.2) is 5.75 Å². The van der Waals surface area contributed by atoms with Crippen LogP contribution >= 0.6 is 0 Å². The molecule has 0 aliphatic carbocycles. The highest BCUT2D eigenvalue weighted by molar-refractivity contribution is 7.86. The summed E-state index contributed by atoms with van der Waals surface area (Å²) in [4.78, 5) is 9.96. The Morgan fingerprint density at radius 1 is 0.732 bits per heavy atom. The van der Waals surface area contributed by atoms with Crippen LogP contribution in [-0.2, 0) is 30.4 Å². The normalized spacial score (nSPS) is 12.6. The van der Waals surface area contributed by atoms with Crippen molar-refractivity contribution in [2.45, 2.75) is 14.7 Å². The number of aromatic hydroxyl groups is 1. The highest BCUT2D eigenvalue weighted by atomic mass is 32.2. The predicted molar refractivity (Wildman–Crippen MR) is 144 cm³/mol. The Bertz CT molecular complexity index is 2080. The van der Waals surface area contributed by atoms with Crippen LogP contribution in [0.5, 0.6) is 5.75 Å². The number of benzene rings is 4. The number of anilines is 2. The molecule has 4 aromatic carbocycles. The van der Waals surface area contributed by atoms with Crippen molar-refractivity contribution in [3.05, 3.63) is 72.3 Å². The number of carbonyl (C=O) groups is 1. The van der Waals surface area contributed by atoms with E-state index < -0.39 is 73.8 Å². The van der Waals surface area contributed by atoms with Gasteiger partial charge in [0, 0.05) is 16.6 Å². The van der Waals surface area contributed by atoms with E-state index in [4.69, 9.17) is 5.73 Å². The van der Waals surface area contributed by atoms with Crippen LogP contribution in [0.4, 0.5) is 22.7 Å². The van der Waals surface area contributed by atoms with Gasteiger partial charge in [0.05, 0.1) is 5.69 Å². The fourth-order valence-electron chi connectivity index (χ4n) is 3.70. The Morgan fingerprint density at radius 3 is 1.90 bits per heavy atom. The third kappa shape index (κ3) is 6.32. The van der Waals surface area contributed by atoms with E-state index in [-0.39, 0.29) is 22.0 Å². The van der Waals surface area contributed by atoms with E-state index in [2.05, 4.69) is 15.5 Å². The molecule has 18 heteroatoms. The van der Waals surface area contributed by atoms with Gasteiger partial charge in [0.25, 0.3) is 36.3 Å². The molecule has 0 radical (unpaired) electrons. The van der Waals surface area contributed by atoms with Crippen molar-refractivity contribution in [3.63, 3.8) is 0 Å². The minimum Gasteiger partial charge on any atom is -0.505 e. The number of nitrogens with one attached hydrogen (secondary N) is 1. The summed E-state index contributed by atoms with van der Waals surface area (Å²) in [6, 6.07) is 12.8. The Hall–Kier alpha value is -4.46. The summed E-state index contributed by atoms with van der Waals surface area (Å²) in [5, 5.41) is 19.7. The van der Waals surface area contributed by atoms with Gasteiger partial charge in [0.2, 0.25) is 0 Å². The first-order valence-corrected chi connectivity index (χ1v) is 15.2. The number of amides is 1. The molecule has 0 heterocycles. The zero-order chi connectivity index (χ0) is 30.3. The van der Waals surface area contributed by atoms with Crippen LogP contribution in [0.1, 0.15) is 10.4 Å². The van der Waals surface area contributed by atoms with Crippen LogP contribution < -0.4 is 11.1 Å². The first kappa shape index (κ1) is 29.5. The Balaban J connectivity index is 1.98. The van der Waals surface area contributed by atoms with Crippen molar-refractivity contribution in [1.82, 2.24) is 0 Å². The molecule has 0 atom stereocenters. The molecule has 0 aromatic heterocycles. The number of nitrogens with two attached hydrogens (primary N) is 1. The lowest BCUT2D eigenvalue weighted by molar-refractivity contribution is 0.102. The zero-order valence-corrected chi connectivity index (χ0v) is 22.6. The van der Waals surface area contributed by atoms with Crippen LogP contribution in [-0.4, -0.2) is 49.9 Å². The second kappa shape index (κ2) is 10.5. The van der Waals surface area contributed by atoms with Gasteiger partial charge in [-0.15, -0.1) is 10.2 Å². The number of phenolic OH excluding ortho intramolecular Hbond substituents is 1. The number of fused-ring (bicyclic) bond motifs is 1. The molecule has 0 saturated carbocycles. The summed E-state index contributed by atoms with van der Waals surface area (Å²) in [6.45, 7) is 0. The molecule has 214 valence electrons. The zero-order valence-electron chi connectivity index (χ0n) is 20.2. The van der Waals surface area contributed by atoms with E-state index in [1.54, 1.807) is 6.07 Å². The Kier molecular flexibility index (Phi) is 7.56. The third-order valence-corrected chi connectivity index (χ3v) is 8.17. The van der Waals surface area contributed by atoms with Gasteiger partial charge in [-0.25, -0.2) is 0 Å². The molecule has 0 fully saturated rings. The van der Waals surface area contributed by atoms with Gasteiger partial charge in [-0.2, -0.15) is 25.3 Å². The maximum Gasteiger partial charge on any atom is 0.296 e. The molecule has 41 heavy (non-hydrogen) atoms. The van der Waals surface area contributed by atoms with Crippen LogP contribution in [0.2, 0.25) is 0 Å². The smallest absolute Gasteiger partial charge is 0.296 e. The summed E-state index contributed by atoms with van der Waals surface area (Å²) in [5.41, 5.74) is 3.69. The lowest BCUT2D eigenvalue weighted by atomic mass is 10.1. The van der Waals surface area contributed by atoms with Crippen LogP contribution in [0.25, 0.3) is 10.8 Å². The molecular formula is C23H18N4O11S3. The molecule has 0 aliphatic rings. The van der Waals surface area contributed by atoms with Crippen molar-refractivity contribution in [2.75, 3.05) is 11.1 Å². The number of rotatable bonds is 7. The first-order valence-electron chi connectivity index (χ1n) is 10.9. The molecule has 7 N–H and O–H groups in total. The van der Waals surface area contributed by atoms with E-state index in [1.165, 1.54) is 24.3 Å². The van der Waals surface area contributed by atoms with Gasteiger partial charge < -0.3 is 16.2 Å². The Labute approximate surface area is 232 Å². The summed E-state index contributed by atoms with van der Waals surface area (Å²) in [7, 11) is -15.1. The maximum absolute atomic E-state index is 12.7. The molecule has 0 aliphatic heterocycles. The number of nitrogens with zero attached hydrogens (tertiary/aromatic N) is 2. The summed E-state index contributed by atoms with van der Waals surface area (Å²) >= 11 is 0. The molecular weight excluding hydrogens is 604 g/mol. The first-order chi connectivity index (χ1) is 19.0. The average Bonchev–Trinajstić information content (AvgIpc) is 2.86. The van der Waals surface area contributed by atoms with E-state index in [9.17, 15) is 48.8 Å². The maximum atomic E-state index is 12.7. The standard InChI is InChI=1S/C23H18N4O11S3/c24-14-6-7-18(39(30,31)32)17(10-14)26-27-21-20(41(36,37)38)9-13-8-19(40(33,34)35)16(11-15(13)22(21)28)25-23(29)12-4-2-1-3-5-12/h1-11,28H,24H2,(H,25,29)(H,30,31,32)(H,33,34,35)(H,36,37,38). The summed E-state index contributed by atoms with van der Waals surface area (Å²) in [6.07, 6.45) is 0. The van der Waals surface area contributed by atoms with Gasteiger partial charge in [-0.1, -0.05) is 18.2 Å². The van der Waals surface area contributed by atoms with E-state index in [0.717, 1.165) is 30.3 Å². The van der Waals surface area contributed by atoms with E-state index in [0.29, 0.717) is 6.07 Å². The van der Waals surface area contributed by atoms with Crippen molar-refractivity contribution < 1.29 is 48.8 Å². The lowest BCUT2D eigenvalue weighted by Crippen LogP contribution is -2.14. The molecule has 4 rings (SSSR count). The SMILES string of the molecule is Nc1ccc(S(=O)(=O)O)c(N=Nc2c(S(=O)(=O)O)cc3cc(S(=O)(=O)O)c(NC(=O)c4ccccc4)cc3c2O)c1. The summed E-state index contributed by atoms with van der Waals surface area (Å²) < 4.78 is 101. The number of azo groups is 1. The van der Waals surface area contributed by atoms with Gasteiger partial charge >= 0.3 is 0 Å². The number of phenols is 1. The number of carbonyl (C=O) groups excluding carboxylic acids is 1. The number of nitrogen functional groups attached to an aromatic ring is 1. The van der Waals surface area contributed by atoms with Gasteiger partial charge in [0.1, 0.15) is 26.1 Å². The topological polar surface area (TPSA) is 263 Å². The number of hydrogen-bond donors (Lipinski definition) is 6. The van der Waals surface area contributed by atoms with Gasteiger partial charge in [-0.3, -0.25) is 18.5 Å². The largest absolute Gasteiger partial charge is 0.505 e. The molecule has 1 amide bonds. The monoisotopic (exact) mass is 622 g/mol. The van der Waals surface area contributed by atoms with E-state index in [1.807, 2.05) is 0 Å². The second-order valence-corrected chi connectivity index (χ2v) is 12.5. The lowest BCUT2D eigenvalue weighted by Gasteiger charge is -2.14. The van der Waals surface area contributed by atoms with Crippen LogP contribution in [0.15, 0.2) is 91.6 Å². The van der Waals surface area contributed by atoms with E-state index >= 15 is 0 Å². The molecule has 0 bridgehead atoms. The second-order valence-electron chi connectivity index (χ2n) is 8.31. The van der Waals surface area contributed by atoms with Crippen molar-refractivity contribution in [2.24, 2.45) is 10.2 Å². The minimum atomic E-state index is -5.20. The van der Waals surface area contributed by atoms with Crippen molar-refractivity contribution in [1.29, 1.82) is 0 Å². The molecule has 0 unspecified atom stereocenters. The summed E-state index contributed by atoms with van der Waals surface area (Å²) in [5.74, 6) is -1.81.